The molecule has 0 aliphatic carbocycles. The first-order valence-corrected chi connectivity index (χ1v) is 9.56. The number of amides is 1. The van der Waals surface area contributed by atoms with Crippen LogP contribution in [0.25, 0.3) is 0 Å². The number of benzene rings is 2. The Morgan fingerprint density at radius 2 is 1.85 bits per heavy atom. The normalized spacial score (nSPS) is 21.9. The molecule has 0 spiro atoms. The van der Waals surface area contributed by atoms with E-state index in [0.717, 1.165) is 11.1 Å². The lowest BCUT2D eigenvalue weighted by molar-refractivity contribution is -0.126. The topological polar surface area (TPSA) is 102 Å². The summed E-state index contributed by atoms with van der Waals surface area (Å²) in [7, 11) is 0. The van der Waals surface area contributed by atoms with Crippen LogP contribution >= 0.6 is 23.4 Å². The molecule has 3 unspecified atom stereocenters. The molecule has 3 rings (SSSR count). The molecule has 2 aromatic carbocycles. The summed E-state index contributed by atoms with van der Waals surface area (Å²) in [5.74, 6) is -1.56. The van der Waals surface area contributed by atoms with E-state index in [1.54, 1.807) is 48.5 Å². The molecule has 8 heteroatoms. The molecule has 2 aromatic rings. The van der Waals surface area contributed by atoms with Crippen LogP contribution in [-0.4, -0.2) is 22.5 Å². The van der Waals surface area contributed by atoms with Gasteiger partial charge < -0.3 is 10.4 Å². The van der Waals surface area contributed by atoms with E-state index >= 15 is 0 Å². The molecule has 1 aliphatic heterocycles. The second-order valence-electron chi connectivity index (χ2n) is 6.00. The molecule has 138 valence electrons. The molecule has 0 aromatic heterocycles. The highest BCUT2D eigenvalue weighted by Gasteiger charge is 2.37. The van der Waals surface area contributed by atoms with Gasteiger partial charge in [-0.2, -0.15) is 5.26 Å². The molecule has 1 saturated heterocycles. The molecule has 6 nitrogen and oxygen atoms in total. The predicted molar refractivity (Wildman–Crippen MR) is 103 cm³/mol. The summed E-state index contributed by atoms with van der Waals surface area (Å²) in [6, 6.07) is 15.3. The minimum Gasteiger partial charge on any atom is -0.478 e. The molecule has 3 N–H and O–H groups in total. The smallest absolute Gasteiger partial charge is 0.335 e. The fourth-order valence-electron chi connectivity index (χ4n) is 2.78. The van der Waals surface area contributed by atoms with E-state index in [9.17, 15) is 14.9 Å². The SMILES string of the molecule is N#CC1C(=O)NC(SCc2ccc(C(=O)O)cc2)NC1c1ccc(Cl)cc1. The van der Waals surface area contributed by atoms with E-state index in [1.165, 1.54) is 11.8 Å². The van der Waals surface area contributed by atoms with Crippen LogP contribution in [-0.2, 0) is 10.5 Å². The maximum atomic E-state index is 12.3. The van der Waals surface area contributed by atoms with Gasteiger partial charge in [0.1, 0.15) is 11.4 Å². The zero-order chi connectivity index (χ0) is 19.4. The molecule has 1 amide bonds. The molecule has 0 bridgehead atoms. The Bertz CT molecular complexity index is 881. The van der Waals surface area contributed by atoms with Gasteiger partial charge >= 0.3 is 5.97 Å². The Hall–Kier alpha value is -2.53. The van der Waals surface area contributed by atoms with E-state index < -0.39 is 17.9 Å². The van der Waals surface area contributed by atoms with Crippen molar-refractivity contribution in [2.45, 2.75) is 17.3 Å². The monoisotopic (exact) mass is 401 g/mol. The second kappa shape index (κ2) is 8.44. The third-order valence-electron chi connectivity index (χ3n) is 4.21. The van der Waals surface area contributed by atoms with Gasteiger partial charge in [0.2, 0.25) is 5.91 Å². The van der Waals surface area contributed by atoms with Gasteiger partial charge in [0.05, 0.1) is 17.7 Å². The standard InChI is InChI=1S/C19H16ClN3O3S/c20-14-7-5-12(6-8-14)16-15(9-21)17(24)23-19(22-16)27-10-11-1-3-13(4-2-11)18(25)26/h1-8,15-16,19,22H,10H2,(H,23,24)(H,25,26). The number of carbonyl (C=O) groups excluding carboxylic acids is 1. The van der Waals surface area contributed by atoms with Gasteiger partial charge in [-0.1, -0.05) is 35.9 Å². The lowest BCUT2D eigenvalue weighted by atomic mass is 9.92. The number of rotatable bonds is 5. The van der Waals surface area contributed by atoms with Crippen LogP contribution < -0.4 is 10.6 Å². The van der Waals surface area contributed by atoms with Crippen molar-refractivity contribution in [3.8, 4) is 6.07 Å². The number of nitrogens with zero attached hydrogens (tertiary/aromatic N) is 1. The van der Waals surface area contributed by atoms with Crippen molar-refractivity contribution in [3.05, 3.63) is 70.2 Å². The zero-order valence-corrected chi connectivity index (χ0v) is 15.6. The highest BCUT2D eigenvalue weighted by molar-refractivity contribution is 7.99. The van der Waals surface area contributed by atoms with Crippen LogP contribution in [0.4, 0.5) is 0 Å². The maximum Gasteiger partial charge on any atom is 0.335 e. The molecular weight excluding hydrogens is 386 g/mol. The fraction of sp³-hybridized carbons (Fsp3) is 0.211. The van der Waals surface area contributed by atoms with E-state index in [1.807, 2.05) is 0 Å². The van der Waals surface area contributed by atoms with Crippen LogP contribution in [0.2, 0.25) is 5.02 Å². The van der Waals surface area contributed by atoms with Gasteiger partial charge in [0, 0.05) is 10.8 Å². The van der Waals surface area contributed by atoms with E-state index in [2.05, 4.69) is 16.7 Å². The number of carboxylic acid groups (broad SMARTS) is 1. The highest BCUT2D eigenvalue weighted by Crippen LogP contribution is 2.29. The van der Waals surface area contributed by atoms with Crippen molar-refractivity contribution in [2.24, 2.45) is 5.92 Å². The summed E-state index contributed by atoms with van der Waals surface area (Å²) in [6.07, 6.45) is 0. The first-order valence-electron chi connectivity index (χ1n) is 8.13. The number of nitrogens with one attached hydrogen (secondary N) is 2. The minimum absolute atomic E-state index is 0.229. The molecule has 1 fully saturated rings. The third-order valence-corrected chi connectivity index (χ3v) is 5.55. The lowest BCUT2D eigenvalue weighted by Crippen LogP contribution is -2.55. The fourth-order valence-corrected chi connectivity index (χ4v) is 3.90. The number of nitriles is 1. The summed E-state index contributed by atoms with van der Waals surface area (Å²) in [5.41, 5.74) is 1.61. The van der Waals surface area contributed by atoms with Crippen LogP contribution in [0.1, 0.15) is 27.5 Å². The van der Waals surface area contributed by atoms with Gasteiger partial charge in [-0.15, -0.1) is 11.8 Å². The van der Waals surface area contributed by atoms with Crippen LogP contribution in [0.15, 0.2) is 48.5 Å². The third kappa shape index (κ3) is 4.61. The molecule has 3 atom stereocenters. The molecule has 1 heterocycles. The van der Waals surface area contributed by atoms with Crippen molar-refractivity contribution in [3.63, 3.8) is 0 Å². The number of aromatic carboxylic acids is 1. The van der Waals surface area contributed by atoms with Crippen LogP contribution in [0.3, 0.4) is 0 Å². The lowest BCUT2D eigenvalue weighted by Gasteiger charge is -2.34. The van der Waals surface area contributed by atoms with Gasteiger partial charge in [-0.25, -0.2) is 4.79 Å². The van der Waals surface area contributed by atoms with Crippen molar-refractivity contribution < 1.29 is 14.7 Å². The first kappa shape index (κ1) is 19.2. The Morgan fingerprint density at radius 1 is 1.19 bits per heavy atom. The summed E-state index contributed by atoms with van der Waals surface area (Å²) in [4.78, 5) is 23.2. The Labute approximate surface area is 165 Å². The van der Waals surface area contributed by atoms with Crippen molar-refractivity contribution in [2.75, 3.05) is 0 Å². The summed E-state index contributed by atoms with van der Waals surface area (Å²) in [5, 5.41) is 25.0. The van der Waals surface area contributed by atoms with Gasteiger partial charge in [-0.3, -0.25) is 10.1 Å². The average molecular weight is 402 g/mol. The number of halogens is 1. The molecule has 0 saturated carbocycles. The molecule has 27 heavy (non-hydrogen) atoms. The van der Waals surface area contributed by atoms with Crippen LogP contribution in [0.5, 0.6) is 0 Å². The number of hydrogen-bond donors (Lipinski definition) is 3. The number of hydrogen-bond acceptors (Lipinski definition) is 5. The zero-order valence-electron chi connectivity index (χ0n) is 14.1. The van der Waals surface area contributed by atoms with Gasteiger partial charge in [0.15, 0.2) is 0 Å². The van der Waals surface area contributed by atoms with Gasteiger partial charge in [-0.05, 0) is 35.4 Å². The number of thioether (sulfide) groups is 1. The summed E-state index contributed by atoms with van der Waals surface area (Å²) >= 11 is 7.38. The average Bonchev–Trinajstić information content (AvgIpc) is 2.67. The van der Waals surface area contributed by atoms with Gasteiger partial charge in [0.25, 0.3) is 0 Å². The van der Waals surface area contributed by atoms with Crippen molar-refractivity contribution in [1.82, 2.24) is 10.6 Å². The summed E-state index contributed by atoms with van der Waals surface area (Å²) in [6.45, 7) is 0. The quantitative estimate of drug-likeness (QED) is 0.711. The number of carboxylic acids is 1. The molecule has 1 aliphatic rings. The first-order chi connectivity index (χ1) is 13.0. The highest BCUT2D eigenvalue weighted by atomic mass is 35.5. The molecule has 0 radical (unpaired) electrons. The minimum atomic E-state index is -0.969. The van der Waals surface area contributed by atoms with Crippen molar-refractivity contribution in [1.29, 1.82) is 5.26 Å². The largest absolute Gasteiger partial charge is 0.478 e. The Kier molecular flexibility index (Phi) is 6.01. The van der Waals surface area contributed by atoms with Crippen molar-refractivity contribution >= 4 is 35.2 Å². The maximum absolute atomic E-state index is 12.3. The molecular formula is C19H16ClN3O3S. The Balaban J connectivity index is 1.69. The van der Waals surface area contributed by atoms with Crippen LogP contribution in [0, 0.1) is 17.2 Å². The summed E-state index contributed by atoms with van der Waals surface area (Å²) < 4.78 is 0. The van der Waals surface area contributed by atoms with E-state index in [0.29, 0.717) is 10.8 Å². The predicted octanol–water partition coefficient (Wildman–Crippen LogP) is 3.16. The number of carbonyl (C=O) groups is 2. The van der Waals surface area contributed by atoms with E-state index in [4.69, 9.17) is 16.7 Å². The second-order valence-corrected chi connectivity index (χ2v) is 7.53. The van der Waals surface area contributed by atoms with E-state index in [-0.39, 0.29) is 17.0 Å². The Morgan fingerprint density at radius 3 is 2.44 bits per heavy atom.